The minimum atomic E-state index is -2.89. The Morgan fingerprint density at radius 2 is 1.58 bits per heavy atom. The molecule has 1 aromatic rings. The number of carbonyl (C=O) groups excluding carboxylic acids is 2. The molecule has 5 fully saturated rings. The van der Waals surface area contributed by atoms with Crippen LogP contribution in [0.15, 0.2) is 30.3 Å². The Morgan fingerprint density at radius 1 is 0.880 bits per heavy atom. The van der Waals surface area contributed by atoms with Gasteiger partial charge >= 0.3 is 5.97 Å². The molecule has 276 valence electrons. The first-order chi connectivity index (χ1) is 23.5. The van der Waals surface area contributed by atoms with E-state index in [1.165, 1.54) is 50.4 Å². The summed E-state index contributed by atoms with van der Waals surface area (Å²) in [7, 11) is -1.45. The molecule has 0 radical (unpaired) electrons. The van der Waals surface area contributed by atoms with Crippen LogP contribution in [-0.2, 0) is 19.4 Å². The van der Waals surface area contributed by atoms with Crippen molar-refractivity contribution in [2.75, 3.05) is 44.8 Å². The summed E-state index contributed by atoms with van der Waals surface area (Å²) in [5.74, 6) is 2.83. The van der Waals surface area contributed by atoms with Gasteiger partial charge in [-0.05, 0) is 133 Å². The number of hydrogen-bond donors (Lipinski definition) is 1. The fourth-order valence-corrected chi connectivity index (χ4v) is 15.1. The molecule has 0 aromatic heterocycles. The van der Waals surface area contributed by atoms with Gasteiger partial charge in [-0.2, -0.15) is 0 Å². The molecule has 1 N–H and O–H groups in total. The number of carbonyl (C=O) groups is 2. The zero-order chi connectivity index (χ0) is 35.9. The van der Waals surface area contributed by atoms with E-state index in [2.05, 4.69) is 63.0 Å². The van der Waals surface area contributed by atoms with Crippen LogP contribution < -0.4 is 5.32 Å². The fourth-order valence-electron chi connectivity index (χ4n) is 13.8. The second kappa shape index (κ2) is 12.5. The molecule has 7 rings (SSSR count). The maximum atomic E-state index is 13.4. The van der Waals surface area contributed by atoms with Gasteiger partial charge in [0.15, 0.2) is 9.84 Å². The van der Waals surface area contributed by atoms with Gasteiger partial charge in [0, 0.05) is 37.6 Å². The lowest BCUT2D eigenvalue weighted by Crippen LogP contribution is -2.68. The number of allylic oxidation sites excluding steroid dienone is 2. The van der Waals surface area contributed by atoms with E-state index in [4.69, 9.17) is 4.74 Å². The molecule has 1 aromatic carbocycles. The number of fused-ring (bicyclic) bond motifs is 7. The minimum absolute atomic E-state index is 0.000557. The van der Waals surface area contributed by atoms with Crippen molar-refractivity contribution in [1.82, 2.24) is 10.2 Å². The number of rotatable bonds is 7. The summed E-state index contributed by atoms with van der Waals surface area (Å²) in [6.45, 7) is 17.7. The third-order valence-electron chi connectivity index (χ3n) is 16.5. The molecular weight excluding hydrogens is 645 g/mol. The lowest BCUT2D eigenvalue weighted by molar-refractivity contribution is -0.220. The molecule has 5 aliphatic carbocycles. The van der Waals surface area contributed by atoms with E-state index in [1.54, 1.807) is 0 Å². The van der Waals surface area contributed by atoms with E-state index < -0.39 is 9.84 Å². The van der Waals surface area contributed by atoms with E-state index in [0.717, 1.165) is 38.8 Å². The topological polar surface area (TPSA) is 92.8 Å². The van der Waals surface area contributed by atoms with Crippen molar-refractivity contribution < 1.29 is 22.7 Å². The van der Waals surface area contributed by atoms with Crippen LogP contribution in [0, 0.1) is 51.2 Å². The van der Waals surface area contributed by atoms with Crippen molar-refractivity contribution in [3.63, 3.8) is 0 Å². The third kappa shape index (κ3) is 5.50. The number of ketones is 1. The van der Waals surface area contributed by atoms with Crippen LogP contribution in [0.25, 0.3) is 5.57 Å². The van der Waals surface area contributed by atoms with Crippen LogP contribution in [-0.4, -0.2) is 75.4 Å². The largest absolute Gasteiger partial charge is 0.465 e. The molecule has 6 aliphatic rings. The van der Waals surface area contributed by atoms with Crippen LogP contribution in [0.2, 0.25) is 0 Å². The van der Waals surface area contributed by atoms with Crippen LogP contribution in [0.4, 0.5) is 0 Å². The summed E-state index contributed by atoms with van der Waals surface area (Å²) >= 11 is 0. The summed E-state index contributed by atoms with van der Waals surface area (Å²) in [6.07, 6.45) is 12.9. The number of nitrogens with one attached hydrogen (secondary N) is 1. The first kappa shape index (κ1) is 36.3. The average Bonchev–Trinajstić information content (AvgIpc) is 3.45. The Bertz CT molecular complexity index is 1640. The smallest absolute Gasteiger partial charge is 0.337 e. The van der Waals surface area contributed by atoms with Gasteiger partial charge in [-0.25, -0.2) is 13.2 Å². The average molecular weight is 707 g/mol. The molecule has 7 nitrogen and oxygen atoms in total. The van der Waals surface area contributed by atoms with Crippen molar-refractivity contribution in [3.8, 4) is 0 Å². The number of methoxy groups -OCH3 is 1. The highest BCUT2D eigenvalue weighted by Gasteiger charge is 2.70. The lowest BCUT2D eigenvalue weighted by Gasteiger charge is -2.72. The maximum absolute atomic E-state index is 13.4. The normalized spacial score (nSPS) is 41.9. The Hall–Kier alpha value is -2.03. The van der Waals surface area contributed by atoms with Gasteiger partial charge in [-0.3, -0.25) is 4.79 Å². The standard InChI is InChI=1S/C42H62N2O5S/c1-28(45)31-14-19-42(43-22-23-44-24-26-50(47,48)27-25-44)21-20-40(5)33(36(31)42)12-13-35-39(4)17-15-32(29-8-10-30(11-9-29)37(46)49-7)38(2,3)34(39)16-18-41(35,40)6/h8-11,15,31,33-36,43H,12-14,16-27H2,1-7H3/t31-,33+,34-,35+,36+,39-,40+,41+,42-/m0/s1. The molecular formula is C42H62N2O5S. The Labute approximate surface area is 301 Å². The number of hydrogen-bond acceptors (Lipinski definition) is 7. The summed E-state index contributed by atoms with van der Waals surface area (Å²) < 4.78 is 29.0. The summed E-state index contributed by atoms with van der Waals surface area (Å²) in [5.41, 5.74) is 3.81. The number of sulfone groups is 1. The highest BCUT2D eigenvalue weighted by molar-refractivity contribution is 7.91. The molecule has 0 amide bonds. The van der Waals surface area contributed by atoms with Gasteiger partial charge in [0.1, 0.15) is 5.78 Å². The van der Waals surface area contributed by atoms with Crippen molar-refractivity contribution >= 4 is 27.2 Å². The second-order valence-corrected chi connectivity index (χ2v) is 20.9. The molecule has 1 heterocycles. The predicted octanol–water partition coefficient (Wildman–Crippen LogP) is 7.21. The number of Topliss-reactive ketones (excluding diaryl/α,β-unsaturated/α-hetero) is 1. The van der Waals surface area contributed by atoms with Gasteiger partial charge in [0.25, 0.3) is 0 Å². The zero-order valence-electron chi connectivity index (χ0n) is 31.8. The predicted molar refractivity (Wildman–Crippen MR) is 199 cm³/mol. The van der Waals surface area contributed by atoms with Gasteiger partial charge in [0.05, 0.1) is 24.2 Å². The molecule has 0 unspecified atom stereocenters. The van der Waals surface area contributed by atoms with E-state index in [0.29, 0.717) is 48.1 Å². The number of nitrogens with zero attached hydrogens (tertiary/aromatic N) is 1. The van der Waals surface area contributed by atoms with Crippen LogP contribution in [0.5, 0.6) is 0 Å². The summed E-state index contributed by atoms with van der Waals surface area (Å²) in [6, 6.07) is 8.02. The number of ether oxygens (including phenoxy) is 1. The van der Waals surface area contributed by atoms with E-state index in [-0.39, 0.29) is 50.6 Å². The molecule has 0 bridgehead atoms. The monoisotopic (exact) mass is 706 g/mol. The van der Waals surface area contributed by atoms with Gasteiger partial charge in [0.2, 0.25) is 0 Å². The highest BCUT2D eigenvalue weighted by atomic mass is 32.2. The lowest BCUT2D eigenvalue weighted by atomic mass is 9.33. The molecule has 1 saturated heterocycles. The molecule has 4 saturated carbocycles. The molecule has 0 spiro atoms. The first-order valence-corrected chi connectivity index (χ1v) is 21.4. The number of benzene rings is 1. The van der Waals surface area contributed by atoms with Crippen molar-refractivity contribution in [2.45, 2.75) is 105 Å². The van der Waals surface area contributed by atoms with E-state index in [9.17, 15) is 18.0 Å². The summed E-state index contributed by atoms with van der Waals surface area (Å²) in [5, 5.41) is 4.10. The van der Waals surface area contributed by atoms with Gasteiger partial charge in [-0.1, -0.05) is 52.8 Å². The first-order valence-electron chi connectivity index (χ1n) is 19.6. The molecule has 8 heteroatoms. The maximum Gasteiger partial charge on any atom is 0.337 e. The van der Waals surface area contributed by atoms with Crippen LogP contribution in [0.1, 0.15) is 115 Å². The molecule has 9 atom stereocenters. The Morgan fingerprint density at radius 3 is 2.24 bits per heavy atom. The zero-order valence-corrected chi connectivity index (χ0v) is 32.6. The quantitative estimate of drug-likeness (QED) is 0.300. The van der Waals surface area contributed by atoms with Crippen LogP contribution >= 0.6 is 0 Å². The third-order valence-corrected chi connectivity index (χ3v) is 18.1. The molecule has 1 aliphatic heterocycles. The Kier molecular flexibility index (Phi) is 9.11. The minimum Gasteiger partial charge on any atom is -0.465 e. The van der Waals surface area contributed by atoms with E-state index in [1.807, 2.05) is 19.1 Å². The van der Waals surface area contributed by atoms with Gasteiger partial charge < -0.3 is 15.0 Å². The van der Waals surface area contributed by atoms with Gasteiger partial charge in [-0.15, -0.1) is 0 Å². The van der Waals surface area contributed by atoms with Crippen LogP contribution in [0.3, 0.4) is 0 Å². The van der Waals surface area contributed by atoms with Crippen molar-refractivity contribution in [2.24, 2.45) is 51.2 Å². The summed E-state index contributed by atoms with van der Waals surface area (Å²) in [4.78, 5) is 27.8. The van der Waals surface area contributed by atoms with Crippen molar-refractivity contribution in [1.29, 1.82) is 0 Å². The highest BCUT2D eigenvalue weighted by Crippen LogP contribution is 2.76. The second-order valence-electron chi connectivity index (χ2n) is 18.6. The fraction of sp³-hybridized carbons (Fsp3) is 0.762. The SMILES string of the molecule is COC(=O)c1ccc(C2=CC[C@]3(C)[C@H]4CC[C@@H]5[C@H]6[C@H](C(C)=O)CC[C@]6(NCCN6CCS(=O)(=O)CC6)CC[C@@]5(C)[C@]4(C)CC[C@H]3C2(C)C)cc1. The molecule has 50 heavy (non-hydrogen) atoms. The number of esters is 1. The van der Waals surface area contributed by atoms with E-state index >= 15 is 0 Å². The Balaban J connectivity index is 1.14. The van der Waals surface area contributed by atoms with Crippen molar-refractivity contribution in [3.05, 3.63) is 41.5 Å².